The number of nitrogens with one attached hydrogen (secondary N) is 3. The molecular weight excluding hydrogens is 411 g/mol. The molecule has 0 aromatic carbocycles. The minimum Gasteiger partial charge on any atom is -0.351 e. The van der Waals surface area contributed by atoms with Gasteiger partial charge in [0.25, 0.3) is 11.5 Å². The van der Waals surface area contributed by atoms with Gasteiger partial charge in [0.1, 0.15) is 11.4 Å². The Kier molecular flexibility index (Phi) is 6.96. The molecular formula is C21H32Cl2N4O2. The lowest BCUT2D eigenvalue weighted by atomic mass is 9.49. The van der Waals surface area contributed by atoms with Crippen LogP contribution in [0.5, 0.6) is 0 Å². The number of hydrogen-bond donors (Lipinski definition) is 3. The third-order valence-electron chi connectivity index (χ3n) is 7.53. The summed E-state index contributed by atoms with van der Waals surface area (Å²) in [6.45, 7) is 2.60. The van der Waals surface area contributed by atoms with Gasteiger partial charge in [0.05, 0.1) is 0 Å². The van der Waals surface area contributed by atoms with Gasteiger partial charge in [0.15, 0.2) is 0 Å². The van der Waals surface area contributed by atoms with Crippen LogP contribution in [0.4, 0.5) is 0 Å². The fourth-order valence-electron chi connectivity index (χ4n) is 6.66. The molecule has 5 aliphatic rings. The summed E-state index contributed by atoms with van der Waals surface area (Å²) in [6.07, 6.45) is 11.3. The molecule has 1 amide bonds. The van der Waals surface area contributed by atoms with Crippen molar-refractivity contribution in [2.24, 2.45) is 23.7 Å². The molecule has 6 rings (SSSR count). The van der Waals surface area contributed by atoms with Gasteiger partial charge in [-0.3, -0.25) is 9.59 Å². The van der Waals surface area contributed by atoms with Gasteiger partial charge in [-0.25, -0.2) is 4.98 Å². The predicted octanol–water partition coefficient (Wildman–Crippen LogP) is 2.81. The number of aromatic nitrogens is 2. The van der Waals surface area contributed by atoms with Crippen molar-refractivity contribution in [1.82, 2.24) is 20.6 Å². The van der Waals surface area contributed by atoms with E-state index in [2.05, 4.69) is 20.6 Å². The summed E-state index contributed by atoms with van der Waals surface area (Å²) >= 11 is 0. The molecule has 4 aliphatic carbocycles. The van der Waals surface area contributed by atoms with Gasteiger partial charge in [0.2, 0.25) is 0 Å². The molecule has 2 heterocycles. The highest BCUT2D eigenvalue weighted by Crippen LogP contribution is 2.59. The molecule has 1 saturated heterocycles. The Morgan fingerprint density at radius 1 is 1.14 bits per heavy atom. The number of hydrogen-bond acceptors (Lipinski definition) is 4. The average Bonchev–Trinajstić information content (AvgIpc) is 2.66. The number of carbonyl (C=O) groups excluding carboxylic acids is 1. The van der Waals surface area contributed by atoms with Gasteiger partial charge in [0, 0.05) is 18.2 Å². The summed E-state index contributed by atoms with van der Waals surface area (Å²) in [5.41, 5.74) is -0.0845. The molecule has 1 aromatic rings. The molecule has 0 spiro atoms. The molecule has 4 bridgehead atoms. The summed E-state index contributed by atoms with van der Waals surface area (Å²) < 4.78 is 0. The molecule has 1 atom stereocenters. The van der Waals surface area contributed by atoms with Gasteiger partial charge in [-0.15, -0.1) is 24.8 Å². The summed E-state index contributed by atoms with van der Waals surface area (Å²) in [5, 5.41) is 6.27. The number of piperidine rings is 1. The van der Waals surface area contributed by atoms with Gasteiger partial charge >= 0.3 is 0 Å². The summed E-state index contributed by atoms with van der Waals surface area (Å²) in [7, 11) is 0. The number of halogens is 2. The van der Waals surface area contributed by atoms with Crippen LogP contribution in [-0.2, 0) is 5.41 Å². The van der Waals surface area contributed by atoms with Crippen molar-refractivity contribution in [3.05, 3.63) is 27.9 Å². The highest BCUT2D eigenvalue weighted by molar-refractivity contribution is 5.93. The smallest absolute Gasteiger partial charge is 0.263 e. The highest BCUT2D eigenvalue weighted by atomic mass is 35.5. The van der Waals surface area contributed by atoms with Crippen molar-refractivity contribution >= 4 is 30.7 Å². The van der Waals surface area contributed by atoms with Gasteiger partial charge in [-0.05, 0) is 88.1 Å². The van der Waals surface area contributed by atoms with Crippen LogP contribution in [0.1, 0.15) is 67.5 Å². The van der Waals surface area contributed by atoms with E-state index in [0.717, 1.165) is 68.8 Å². The van der Waals surface area contributed by atoms with Crippen LogP contribution < -0.4 is 16.2 Å². The van der Waals surface area contributed by atoms with Gasteiger partial charge < -0.3 is 15.6 Å². The first kappa shape index (κ1) is 22.6. The van der Waals surface area contributed by atoms with Crippen LogP contribution in [-0.4, -0.2) is 35.5 Å². The standard InChI is InChI=1S/C21H30N4O2.2ClH/c26-18(23-11-13-2-1-3-22-10-13)17-12-24-20(25-19(17)27)21-7-14-4-15(8-21)6-16(5-14)9-21;;/h12-16,22H,1-11H2,(H,23,26)(H,24,25,27);2*1H. The zero-order valence-corrected chi connectivity index (χ0v) is 18.4. The molecule has 1 aromatic heterocycles. The number of aromatic amines is 1. The normalized spacial score (nSPS) is 34.8. The van der Waals surface area contributed by atoms with E-state index in [0.29, 0.717) is 12.5 Å². The Morgan fingerprint density at radius 3 is 2.34 bits per heavy atom. The number of carbonyl (C=O) groups is 1. The number of nitrogens with zero attached hydrogens (tertiary/aromatic N) is 1. The Labute approximate surface area is 184 Å². The largest absolute Gasteiger partial charge is 0.351 e. The minimum atomic E-state index is -0.300. The second kappa shape index (κ2) is 8.94. The first-order chi connectivity index (χ1) is 13.1. The van der Waals surface area contributed by atoms with Crippen LogP contribution in [0.25, 0.3) is 0 Å². The molecule has 162 valence electrons. The molecule has 29 heavy (non-hydrogen) atoms. The van der Waals surface area contributed by atoms with Crippen molar-refractivity contribution in [3.63, 3.8) is 0 Å². The molecule has 8 heteroatoms. The quantitative estimate of drug-likeness (QED) is 0.668. The Balaban J connectivity index is 0.00000120. The zero-order valence-electron chi connectivity index (χ0n) is 16.7. The summed E-state index contributed by atoms with van der Waals surface area (Å²) in [6, 6.07) is 0. The second-order valence-electron chi connectivity index (χ2n) is 9.59. The van der Waals surface area contributed by atoms with Crippen LogP contribution in [0.2, 0.25) is 0 Å². The van der Waals surface area contributed by atoms with Gasteiger partial charge in [-0.1, -0.05) is 0 Å². The van der Waals surface area contributed by atoms with E-state index in [1.54, 1.807) is 0 Å². The van der Waals surface area contributed by atoms with Crippen molar-refractivity contribution in [1.29, 1.82) is 0 Å². The van der Waals surface area contributed by atoms with E-state index in [-0.39, 0.29) is 47.3 Å². The lowest BCUT2D eigenvalue weighted by molar-refractivity contribution is -0.00953. The second-order valence-corrected chi connectivity index (χ2v) is 9.59. The van der Waals surface area contributed by atoms with Crippen molar-refractivity contribution in [3.8, 4) is 0 Å². The Hall–Kier alpha value is -1.11. The Morgan fingerprint density at radius 2 is 1.79 bits per heavy atom. The summed E-state index contributed by atoms with van der Waals surface area (Å²) in [4.78, 5) is 32.8. The zero-order chi connectivity index (χ0) is 18.4. The Bertz CT molecular complexity index is 756. The van der Waals surface area contributed by atoms with Crippen molar-refractivity contribution in [2.75, 3.05) is 19.6 Å². The molecule has 3 N–H and O–H groups in total. The van der Waals surface area contributed by atoms with E-state index >= 15 is 0 Å². The molecule has 1 aliphatic heterocycles. The van der Waals surface area contributed by atoms with Crippen molar-refractivity contribution in [2.45, 2.75) is 56.8 Å². The van der Waals surface area contributed by atoms with Crippen molar-refractivity contribution < 1.29 is 4.79 Å². The number of amides is 1. The lowest BCUT2D eigenvalue weighted by Crippen LogP contribution is -2.50. The third-order valence-corrected chi connectivity index (χ3v) is 7.53. The molecule has 4 saturated carbocycles. The van der Waals surface area contributed by atoms with Crippen LogP contribution >= 0.6 is 24.8 Å². The van der Waals surface area contributed by atoms with E-state index in [4.69, 9.17) is 0 Å². The molecule has 0 radical (unpaired) electrons. The fourth-order valence-corrected chi connectivity index (χ4v) is 6.66. The monoisotopic (exact) mass is 442 g/mol. The molecule has 5 fully saturated rings. The molecule has 1 unspecified atom stereocenters. The van der Waals surface area contributed by atoms with Crippen LogP contribution in [0.3, 0.4) is 0 Å². The minimum absolute atomic E-state index is 0. The predicted molar refractivity (Wildman–Crippen MR) is 117 cm³/mol. The highest BCUT2D eigenvalue weighted by Gasteiger charge is 2.52. The first-order valence-corrected chi connectivity index (χ1v) is 10.7. The summed E-state index contributed by atoms with van der Waals surface area (Å²) in [5.74, 6) is 3.38. The molecule has 6 nitrogen and oxygen atoms in total. The third kappa shape index (κ3) is 4.35. The number of rotatable bonds is 4. The SMILES string of the molecule is Cl.Cl.O=C(NCC1CCCNC1)c1cnc(C23CC4CC(CC(C4)C2)C3)[nH]c1=O. The fraction of sp³-hybridized carbons (Fsp3) is 0.762. The topological polar surface area (TPSA) is 86.9 Å². The van der Waals surface area contributed by atoms with Gasteiger partial charge in [-0.2, -0.15) is 0 Å². The van der Waals surface area contributed by atoms with Crippen LogP contribution in [0, 0.1) is 23.7 Å². The van der Waals surface area contributed by atoms with Crippen LogP contribution in [0.15, 0.2) is 11.0 Å². The van der Waals surface area contributed by atoms with E-state index in [1.807, 2.05) is 0 Å². The maximum atomic E-state index is 12.7. The van der Waals surface area contributed by atoms with E-state index in [1.165, 1.54) is 25.5 Å². The maximum absolute atomic E-state index is 12.7. The van der Waals surface area contributed by atoms with E-state index < -0.39 is 0 Å². The number of H-pyrrole nitrogens is 1. The lowest BCUT2D eigenvalue weighted by Gasteiger charge is -2.56. The first-order valence-electron chi connectivity index (χ1n) is 10.7. The van der Waals surface area contributed by atoms with E-state index in [9.17, 15) is 9.59 Å². The maximum Gasteiger partial charge on any atom is 0.263 e. The average molecular weight is 443 g/mol.